The van der Waals surface area contributed by atoms with Crippen LogP contribution in [-0.4, -0.2) is 33.1 Å². The SMILES string of the molecule is Cc1nn(-c2ccc(Cl)cc2)c2sc(C(=O)OCC(=O)c3cccc([N+](=O)[O-])c3)cc12. The third-order valence-corrected chi connectivity index (χ3v) is 5.87. The first-order valence-electron chi connectivity index (χ1n) is 9.03. The molecule has 0 radical (unpaired) electrons. The number of thiophene rings is 1. The summed E-state index contributed by atoms with van der Waals surface area (Å²) in [7, 11) is 0. The van der Waals surface area contributed by atoms with E-state index in [4.69, 9.17) is 16.3 Å². The number of aromatic nitrogens is 2. The lowest BCUT2D eigenvalue weighted by molar-refractivity contribution is -0.384. The van der Waals surface area contributed by atoms with Crippen LogP contribution in [0.25, 0.3) is 15.9 Å². The Hall–Kier alpha value is -3.56. The Morgan fingerprint density at radius 1 is 1.19 bits per heavy atom. The number of nitro benzene ring substituents is 1. The first kappa shape index (κ1) is 20.7. The number of halogens is 1. The Balaban J connectivity index is 1.52. The van der Waals surface area contributed by atoms with Crippen LogP contribution in [0.15, 0.2) is 54.6 Å². The summed E-state index contributed by atoms with van der Waals surface area (Å²) < 4.78 is 6.87. The Morgan fingerprint density at radius 3 is 2.65 bits per heavy atom. The van der Waals surface area contributed by atoms with E-state index in [0.29, 0.717) is 9.90 Å². The van der Waals surface area contributed by atoms with Crippen LogP contribution in [0.4, 0.5) is 5.69 Å². The van der Waals surface area contributed by atoms with Crippen molar-refractivity contribution in [3.05, 3.63) is 85.9 Å². The number of benzene rings is 2. The second kappa shape index (κ2) is 8.29. The lowest BCUT2D eigenvalue weighted by Crippen LogP contribution is -2.13. The minimum absolute atomic E-state index is 0.104. The first-order valence-corrected chi connectivity index (χ1v) is 10.2. The number of nitrogens with zero attached hydrogens (tertiary/aromatic N) is 3. The fraction of sp³-hybridized carbons (Fsp3) is 0.0952. The maximum atomic E-state index is 12.5. The van der Waals surface area contributed by atoms with Crippen molar-refractivity contribution in [3.8, 4) is 5.69 Å². The maximum Gasteiger partial charge on any atom is 0.348 e. The van der Waals surface area contributed by atoms with Crippen molar-refractivity contribution in [3.63, 3.8) is 0 Å². The monoisotopic (exact) mass is 455 g/mol. The first-order chi connectivity index (χ1) is 14.8. The number of carbonyl (C=O) groups is 2. The predicted molar refractivity (Wildman–Crippen MR) is 116 cm³/mol. The fourth-order valence-electron chi connectivity index (χ4n) is 2.98. The molecular formula is C21H14ClN3O5S. The van der Waals surface area contributed by atoms with Gasteiger partial charge in [0.15, 0.2) is 6.61 Å². The summed E-state index contributed by atoms with van der Waals surface area (Å²) in [6.07, 6.45) is 0. The van der Waals surface area contributed by atoms with Crippen molar-refractivity contribution < 1.29 is 19.2 Å². The topological polar surface area (TPSA) is 104 Å². The van der Waals surface area contributed by atoms with Gasteiger partial charge in [0.2, 0.25) is 5.78 Å². The standard InChI is InChI=1S/C21H14ClN3O5S/c1-12-17-10-19(31-20(17)24(23-12)15-7-5-14(22)6-8-15)21(27)30-11-18(26)13-3-2-4-16(9-13)25(28)29/h2-10H,11H2,1H3. The van der Waals surface area contributed by atoms with Crippen molar-refractivity contribution in [1.82, 2.24) is 9.78 Å². The summed E-state index contributed by atoms with van der Waals surface area (Å²) in [5.74, 6) is -1.18. The molecule has 0 aliphatic heterocycles. The second-order valence-electron chi connectivity index (χ2n) is 6.61. The van der Waals surface area contributed by atoms with Gasteiger partial charge in [0.05, 0.1) is 16.3 Å². The number of non-ortho nitro benzene ring substituents is 1. The van der Waals surface area contributed by atoms with Gasteiger partial charge in [-0.05, 0) is 37.3 Å². The molecular weight excluding hydrogens is 442 g/mol. The van der Waals surface area contributed by atoms with Gasteiger partial charge in [-0.1, -0.05) is 23.7 Å². The number of nitro groups is 1. The van der Waals surface area contributed by atoms with Crippen LogP contribution in [0, 0.1) is 17.0 Å². The van der Waals surface area contributed by atoms with E-state index in [0.717, 1.165) is 27.7 Å². The summed E-state index contributed by atoms with van der Waals surface area (Å²) in [6.45, 7) is 1.32. The van der Waals surface area contributed by atoms with E-state index < -0.39 is 23.3 Å². The molecule has 2 aromatic heterocycles. The maximum absolute atomic E-state index is 12.5. The zero-order chi connectivity index (χ0) is 22.1. The molecule has 0 fully saturated rings. The van der Waals surface area contributed by atoms with E-state index in [2.05, 4.69) is 5.10 Å². The number of ether oxygens (including phenoxy) is 1. The van der Waals surface area contributed by atoms with E-state index >= 15 is 0 Å². The number of fused-ring (bicyclic) bond motifs is 1. The summed E-state index contributed by atoms with van der Waals surface area (Å²) >= 11 is 7.15. The van der Waals surface area contributed by atoms with Gasteiger partial charge in [-0.3, -0.25) is 14.9 Å². The highest BCUT2D eigenvalue weighted by atomic mass is 35.5. The summed E-state index contributed by atoms with van der Waals surface area (Å²) in [5.41, 5.74) is 1.44. The molecule has 0 aliphatic carbocycles. The van der Waals surface area contributed by atoms with Gasteiger partial charge in [0.1, 0.15) is 9.71 Å². The smallest absolute Gasteiger partial charge is 0.348 e. The average Bonchev–Trinajstić information content (AvgIpc) is 3.33. The van der Waals surface area contributed by atoms with Crippen LogP contribution in [0.5, 0.6) is 0 Å². The normalized spacial score (nSPS) is 10.9. The minimum Gasteiger partial charge on any atom is -0.453 e. The highest BCUT2D eigenvalue weighted by Gasteiger charge is 2.20. The summed E-state index contributed by atoms with van der Waals surface area (Å²) in [6, 6.07) is 14.1. The van der Waals surface area contributed by atoms with Crippen LogP contribution < -0.4 is 0 Å². The Morgan fingerprint density at radius 2 is 1.94 bits per heavy atom. The third kappa shape index (κ3) is 4.18. The highest BCUT2D eigenvalue weighted by Crippen LogP contribution is 2.31. The van der Waals surface area contributed by atoms with Crippen molar-refractivity contribution in [2.75, 3.05) is 6.61 Å². The molecule has 0 unspecified atom stereocenters. The van der Waals surface area contributed by atoms with Gasteiger partial charge in [-0.2, -0.15) is 5.10 Å². The van der Waals surface area contributed by atoms with E-state index in [1.807, 2.05) is 19.1 Å². The number of ketones is 1. The molecule has 0 aliphatic rings. The van der Waals surface area contributed by atoms with Gasteiger partial charge in [0, 0.05) is 28.1 Å². The van der Waals surface area contributed by atoms with E-state index in [1.165, 1.54) is 29.5 Å². The molecule has 31 heavy (non-hydrogen) atoms. The molecule has 8 nitrogen and oxygen atoms in total. The third-order valence-electron chi connectivity index (χ3n) is 4.53. The molecule has 0 bridgehead atoms. The zero-order valence-electron chi connectivity index (χ0n) is 16.1. The van der Waals surface area contributed by atoms with Crippen LogP contribution in [-0.2, 0) is 4.74 Å². The quantitative estimate of drug-likeness (QED) is 0.175. The van der Waals surface area contributed by atoms with Crippen molar-refractivity contribution in [1.29, 1.82) is 0 Å². The summed E-state index contributed by atoms with van der Waals surface area (Å²) in [5, 5.41) is 16.8. The van der Waals surface area contributed by atoms with Gasteiger partial charge in [-0.25, -0.2) is 9.48 Å². The molecule has 0 N–H and O–H groups in total. The molecule has 2 heterocycles. The average molecular weight is 456 g/mol. The van der Waals surface area contributed by atoms with Crippen molar-refractivity contribution in [2.24, 2.45) is 0 Å². The number of esters is 1. The van der Waals surface area contributed by atoms with Gasteiger partial charge in [0.25, 0.3) is 5.69 Å². The molecule has 0 amide bonds. The Bertz CT molecular complexity index is 1330. The van der Waals surface area contributed by atoms with E-state index in [9.17, 15) is 19.7 Å². The molecule has 0 saturated carbocycles. The van der Waals surface area contributed by atoms with Crippen LogP contribution in [0.1, 0.15) is 25.7 Å². The lowest BCUT2D eigenvalue weighted by Gasteiger charge is -2.04. The van der Waals surface area contributed by atoms with Crippen molar-refractivity contribution >= 4 is 50.6 Å². The molecule has 2 aromatic carbocycles. The van der Waals surface area contributed by atoms with Gasteiger partial charge >= 0.3 is 5.97 Å². The minimum atomic E-state index is -0.651. The number of rotatable bonds is 6. The van der Waals surface area contributed by atoms with E-state index in [1.54, 1.807) is 22.9 Å². The van der Waals surface area contributed by atoms with Crippen LogP contribution in [0.2, 0.25) is 5.02 Å². The number of carbonyl (C=O) groups excluding carboxylic acids is 2. The zero-order valence-corrected chi connectivity index (χ0v) is 17.6. The van der Waals surface area contributed by atoms with Gasteiger partial charge < -0.3 is 4.74 Å². The molecule has 156 valence electrons. The highest BCUT2D eigenvalue weighted by molar-refractivity contribution is 7.20. The fourth-order valence-corrected chi connectivity index (χ4v) is 4.19. The molecule has 0 saturated heterocycles. The number of Topliss-reactive ketones (excluding diaryl/α,β-unsaturated/α-hetero) is 1. The van der Waals surface area contributed by atoms with Crippen molar-refractivity contribution in [2.45, 2.75) is 6.92 Å². The molecule has 0 atom stereocenters. The lowest BCUT2D eigenvalue weighted by atomic mass is 10.1. The molecule has 4 rings (SSSR count). The van der Waals surface area contributed by atoms with Crippen LogP contribution >= 0.6 is 22.9 Å². The largest absolute Gasteiger partial charge is 0.453 e. The Labute approximate surface area is 184 Å². The number of aryl methyl sites for hydroxylation is 1. The number of hydrogen-bond acceptors (Lipinski definition) is 7. The van der Waals surface area contributed by atoms with E-state index in [-0.39, 0.29) is 11.3 Å². The molecule has 0 spiro atoms. The predicted octanol–water partition coefficient (Wildman–Crippen LogP) is 5.00. The summed E-state index contributed by atoms with van der Waals surface area (Å²) in [4.78, 5) is 36.1. The van der Waals surface area contributed by atoms with Crippen LogP contribution in [0.3, 0.4) is 0 Å². The van der Waals surface area contributed by atoms with Gasteiger partial charge in [-0.15, -0.1) is 11.3 Å². The molecule has 4 aromatic rings. The second-order valence-corrected chi connectivity index (χ2v) is 8.08. The Kier molecular flexibility index (Phi) is 5.53. The number of hydrogen-bond donors (Lipinski definition) is 0. The molecule has 10 heteroatoms.